The molecular formula is C29H50F2S. The first kappa shape index (κ1) is 29.5. The van der Waals surface area contributed by atoms with Crippen LogP contribution in [0.5, 0.6) is 0 Å². The van der Waals surface area contributed by atoms with Gasteiger partial charge in [-0.2, -0.15) is 0 Å². The molecule has 3 heteroatoms. The van der Waals surface area contributed by atoms with E-state index in [4.69, 9.17) is 6.42 Å². The number of rotatable bonds is 16. The summed E-state index contributed by atoms with van der Waals surface area (Å²) in [5.41, 5.74) is 1.11. The maximum Gasteiger partial charge on any atom is 0.116 e. The highest BCUT2D eigenvalue weighted by Crippen LogP contribution is 2.38. The molecule has 8 atom stereocenters. The van der Waals surface area contributed by atoms with Crippen LogP contribution in [-0.4, -0.2) is 22.8 Å². The third kappa shape index (κ3) is 11.1. The van der Waals surface area contributed by atoms with Crippen molar-refractivity contribution in [2.24, 2.45) is 23.7 Å². The van der Waals surface area contributed by atoms with E-state index in [9.17, 15) is 4.39 Å². The number of halogens is 2. The molecular weight excluding hydrogens is 418 g/mol. The van der Waals surface area contributed by atoms with Gasteiger partial charge in [0.15, 0.2) is 0 Å². The predicted octanol–water partition coefficient (Wildman–Crippen LogP) is 9.58. The fourth-order valence-corrected chi connectivity index (χ4v) is 6.79. The summed E-state index contributed by atoms with van der Waals surface area (Å²) in [7, 11) is 0. The van der Waals surface area contributed by atoms with Crippen molar-refractivity contribution in [3.05, 3.63) is 11.6 Å². The zero-order valence-corrected chi connectivity index (χ0v) is 22.5. The van der Waals surface area contributed by atoms with Gasteiger partial charge in [-0.05, 0) is 75.5 Å². The fraction of sp³-hybridized carbons (Fsp3) is 0.862. The summed E-state index contributed by atoms with van der Waals surface area (Å²) in [5, 5.41) is -0.0404. The summed E-state index contributed by atoms with van der Waals surface area (Å²) in [4.78, 5) is 0. The van der Waals surface area contributed by atoms with Gasteiger partial charge in [0.05, 0.1) is 5.25 Å². The predicted molar refractivity (Wildman–Crippen MR) is 141 cm³/mol. The van der Waals surface area contributed by atoms with Gasteiger partial charge in [-0.1, -0.05) is 65.5 Å². The minimum atomic E-state index is -0.829. The van der Waals surface area contributed by atoms with E-state index in [2.05, 4.69) is 46.6 Å². The molecule has 0 N–H and O–H groups in total. The van der Waals surface area contributed by atoms with Crippen molar-refractivity contribution in [3.63, 3.8) is 0 Å². The topological polar surface area (TPSA) is 0 Å². The molecule has 0 nitrogen and oxygen atoms in total. The number of thioether (sulfide) groups is 1. The Morgan fingerprint density at radius 2 is 1.78 bits per heavy atom. The molecule has 0 aromatic heterocycles. The second-order valence-corrected chi connectivity index (χ2v) is 12.1. The molecule has 0 amide bonds. The first-order valence-corrected chi connectivity index (χ1v) is 14.2. The zero-order valence-electron chi connectivity index (χ0n) is 21.7. The SMILES string of the molecule is C#CCCC(CC(F)CC(CCC)CC(C)C(C)CC(C)CC)SC1C(C)=CCCC1F. The second kappa shape index (κ2) is 16.2. The van der Waals surface area contributed by atoms with E-state index in [1.54, 1.807) is 11.8 Å². The van der Waals surface area contributed by atoms with Gasteiger partial charge in [0, 0.05) is 11.7 Å². The van der Waals surface area contributed by atoms with Gasteiger partial charge >= 0.3 is 0 Å². The Morgan fingerprint density at radius 1 is 1.09 bits per heavy atom. The minimum absolute atomic E-state index is 0.0924. The lowest BCUT2D eigenvalue weighted by Gasteiger charge is -2.31. The van der Waals surface area contributed by atoms with Crippen molar-refractivity contribution in [3.8, 4) is 12.3 Å². The monoisotopic (exact) mass is 468 g/mol. The lowest BCUT2D eigenvalue weighted by atomic mass is 9.79. The molecule has 0 radical (unpaired) electrons. The molecule has 186 valence electrons. The van der Waals surface area contributed by atoms with Crippen LogP contribution < -0.4 is 0 Å². The molecule has 0 aliphatic heterocycles. The highest BCUT2D eigenvalue weighted by atomic mass is 32.2. The second-order valence-electron chi connectivity index (χ2n) is 10.6. The Hall–Kier alpha value is -0.490. The van der Waals surface area contributed by atoms with Crippen molar-refractivity contribution in [1.29, 1.82) is 0 Å². The average molecular weight is 469 g/mol. The molecule has 1 aliphatic rings. The zero-order chi connectivity index (χ0) is 24.1. The van der Waals surface area contributed by atoms with Crippen molar-refractivity contribution in [2.45, 2.75) is 135 Å². The van der Waals surface area contributed by atoms with Gasteiger partial charge in [-0.25, -0.2) is 8.78 Å². The minimum Gasteiger partial charge on any atom is -0.247 e. The van der Waals surface area contributed by atoms with E-state index in [-0.39, 0.29) is 10.5 Å². The van der Waals surface area contributed by atoms with Gasteiger partial charge < -0.3 is 0 Å². The number of allylic oxidation sites excluding steroid dienone is 1. The normalized spacial score (nSPS) is 24.7. The van der Waals surface area contributed by atoms with Gasteiger partial charge in [0.1, 0.15) is 12.3 Å². The Bertz CT molecular complexity index is 566. The molecule has 1 aliphatic carbocycles. The maximum atomic E-state index is 15.3. The third-order valence-electron chi connectivity index (χ3n) is 7.59. The van der Waals surface area contributed by atoms with Gasteiger partial charge in [0.2, 0.25) is 0 Å². The van der Waals surface area contributed by atoms with Crippen LogP contribution in [0.25, 0.3) is 0 Å². The molecule has 0 heterocycles. The first-order valence-electron chi connectivity index (χ1n) is 13.2. The first-order chi connectivity index (χ1) is 15.2. The Balaban J connectivity index is 2.69. The molecule has 0 spiro atoms. The van der Waals surface area contributed by atoms with Crippen molar-refractivity contribution < 1.29 is 8.78 Å². The largest absolute Gasteiger partial charge is 0.247 e. The van der Waals surface area contributed by atoms with E-state index in [1.165, 1.54) is 12.8 Å². The molecule has 0 saturated heterocycles. The molecule has 0 aromatic rings. The van der Waals surface area contributed by atoms with Crippen LogP contribution in [0.2, 0.25) is 0 Å². The van der Waals surface area contributed by atoms with E-state index in [0.29, 0.717) is 43.4 Å². The summed E-state index contributed by atoms with van der Waals surface area (Å²) in [6.45, 7) is 13.6. The van der Waals surface area contributed by atoms with Gasteiger partial charge in [-0.15, -0.1) is 24.1 Å². The Kier molecular flexibility index (Phi) is 14.9. The van der Waals surface area contributed by atoms with Gasteiger partial charge in [0.25, 0.3) is 0 Å². The average Bonchev–Trinajstić information content (AvgIpc) is 2.74. The summed E-state index contributed by atoms with van der Waals surface area (Å²) in [6, 6.07) is 0. The Labute approximate surface area is 203 Å². The molecule has 0 fully saturated rings. The van der Waals surface area contributed by atoms with Crippen molar-refractivity contribution in [1.82, 2.24) is 0 Å². The number of alkyl halides is 2. The molecule has 1 rings (SSSR count). The maximum absolute atomic E-state index is 15.3. The van der Waals surface area contributed by atoms with Crippen LogP contribution in [0.3, 0.4) is 0 Å². The summed E-state index contributed by atoms with van der Waals surface area (Å²) in [5.74, 6) is 5.22. The third-order valence-corrected chi connectivity index (χ3v) is 9.36. The smallest absolute Gasteiger partial charge is 0.116 e. The van der Waals surface area contributed by atoms with Crippen LogP contribution in [0.4, 0.5) is 8.78 Å². The number of hydrogen-bond acceptors (Lipinski definition) is 1. The van der Waals surface area contributed by atoms with Crippen LogP contribution in [0.1, 0.15) is 112 Å². The summed E-state index contributed by atoms with van der Waals surface area (Å²) < 4.78 is 29.9. The molecule has 0 bridgehead atoms. The van der Waals surface area contributed by atoms with Crippen molar-refractivity contribution >= 4 is 11.8 Å². The van der Waals surface area contributed by atoms with E-state index in [1.807, 2.05) is 6.92 Å². The fourth-order valence-electron chi connectivity index (χ4n) is 5.18. The highest BCUT2D eigenvalue weighted by molar-refractivity contribution is 8.00. The lowest BCUT2D eigenvalue weighted by molar-refractivity contribution is 0.197. The number of terminal acetylenes is 1. The quantitative estimate of drug-likeness (QED) is 0.160. The summed E-state index contributed by atoms with van der Waals surface area (Å²) >= 11 is 1.64. The number of hydrogen-bond donors (Lipinski definition) is 0. The lowest BCUT2D eigenvalue weighted by Crippen LogP contribution is -2.27. The van der Waals surface area contributed by atoms with Gasteiger partial charge in [-0.3, -0.25) is 0 Å². The van der Waals surface area contributed by atoms with E-state index in [0.717, 1.165) is 43.6 Å². The van der Waals surface area contributed by atoms with Crippen LogP contribution >= 0.6 is 11.8 Å². The molecule has 0 aromatic carbocycles. The van der Waals surface area contributed by atoms with E-state index >= 15 is 4.39 Å². The van der Waals surface area contributed by atoms with Crippen molar-refractivity contribution in [2.75, 3.05) is 0 Å². The van der Waals surface area contributed by atoms with Crippen LogP contribution in [0, 0.1) is 36.0 Å². The van der Waals surface area contributed by atoms with Crippen LogP contribution in [0.15, 0.2) is 11.6 Å². The molecule has 8 unspecified atom stereocenters. The highest BCUT2D eigenvalue weighted by Gasteiger charge is 2.30. The standard InChI is InChI=1S/C29H50F2S/c1-8-11-15-27(32-29-22(5)14-12-16-28(29)31)20-26(30)19-25(13-9-2)18-24(7)23(6)17-21(4)10-3/h1,14,21,23-29H,9-13,15-20H2,2-7H3. The van der Waals surface area contributed by atoms with E-state index < -0.39 is 12.3 Å². The summed E-state index contributed by atoms with van der Waals surface area (Å²) in [6.07, 6.45) is 15.8. The molecule has 0 saturated carbocycles. The molecule has 32 heavy (non-hydrogen) atoms. The van der Waals surface area contributed by atoms with Crippen LogP contribution in [-0.2, 0) is 0 Å². The Morgan fingerprint density at radius 3 is 2.38 bits per heavy atom.